The lowest BCUT2D eigenvalue weighted by Crippen LogP contribution is -2.43. The monoisotopic (exact) mass is 490 g/mol. The molecule has 32 heavy (non-hydrogen) atoms. The number of thioether (sulfide) groups is 2. The summed E-state index contributed by atoms with van der Waals surface area (Å²) < 4.78 is 0. The number of amides is 2. The summed E-state index contributed by atoms with van der Waals surface area (Å²) in [5.41, 5.74) is 22.6. The van der Waals surface area contributed by atoms with Crippen molar-refractivity contribution in [3.8, 4) is 0 Å². The standard InChI is InChI=1S/C19H38N8O3S2/c1-13(20)24-7-9-31-11-16(22)18(29)26-5-3-15(28)4-6-27-19(30)17(23)12-32-10-8-25-14(2)21/h16-17H,3-12,22-23H2,1-2H3,(H2,20,24)(H2,21,25)(H,26,29)(H,27,30). The molecule has 0 aliphatic heterocycles. The summed E-state index contributed by atoms with van der Waals surface area (Å²) in [6, 6.07) is -1.30. The lowest BCUT2D eigenvalue weighted by Gasteiger charge is -2.12. The average molecular weight is 491 g/mol. The summed E-state index contributed by atoms with van der Waals surface area (Å²) >= 11 is 3.04. The number of nitrogens with zero attached hydrogens (tertiary/aromatic N) is 2. The van der Waals surface area contributed by atoms with Crippen LogP contribution in [0.5, 0.6) is 0 Å². The fraction of sp³-hybridized carbons (Fsp3) is 0.737. The molecular weight excluding hydrogens is 452 g/mol. The summed E-state index contributed by atoms with van der Waals surface area (Å²) in [4.78, 5) is 43.9. The molecule has 184 valence electrons. The lowest BCUT2D eigenvalue weighted by molar-refractivity contribution is -0.122. The molecule has 0 saturated carbocycles. The van der Waals surface area contributed by atoms with Gasteiger partial charge >= 0.3 is 0 Å². The Morgan fingerprint density at radius 3 is 1.50 bits per heavy atom. The highest BCUT2D eigenvalue weighted by Gasteiger charge is 2.15. The van der Waals surface area contributed by atoms with Crippen LogP contribution in [0.1, 0.15) is 26.7 Å². The molecule has 0 rings (SSSR count). The number of rotatable bonds is 18. The summed E-state index contributed by atoms with van der Waals surface area (Å²) in [5.74, 6) is 2.77. The Balaban J connectivity index is 3.82. The Morgan fingerprint density at radius 1 is 0.781 bits per heavy atom. The third-order valence-corrected chi connectivity index (χ3v) is 6.00. The van der Waals surface area contributed by atoms with E-state index in [-0.39, 0.29) is 43.5 Å². The van der Waals surface area contributed by atoms with Gasteiger partial charge in [-0.15, -0.1) is 0 Å². The maximum absolute atomic E-state index is 11.9. The van der Waals surface area contributed by atoms with E-state index in [1.165, 1.54) is 23.5 Å². The SMILES string of the molecule is CC(N)=NCCSCC(N)C(=O)NCCC(=O)CCNC(=O)C(N)CSCCN=C(C)N. The van der Waals surface area contributed by atoms with Crippen molar-refractivity contribution >= 4 is 52.8 Å². The Hall–Kier alpha value is -1.83. The highest BCUT2D eigenvalue weighted by molar-refractivity contribution is 7.99. The molecule has 2 unspecified atom stereocenters. The molecule has 13 heteroatoms. The van der Waals surface area contributed by atoms with Crippen molar-refractivity contribution in [2.24, 2.45) is 32.9 Å². The minimum absolute atomic E-state index is 0.0680. The number of hydrogen-bond donors (Lipinski definition) is 6. The number of nitrogens with two attached hydrogens (primary N) is 4. The summed E-state index contributed by atoms with van der Waals surface area (Å²) in [7, 11) is 0. The molecule has 0 heterocycles. The van der Waals surface area contributed by atoms with Crippen LogP contribution in [0, 0.1) is 0 Å². The molecule has 0 aliphatic rings. The number of ketones is 1. The van der Waals surface area contributed by atoms with Crippen LogP contribution in [0.4, 0.5) is 0 Å². The van der Waals surface area contributed by atoms with E-state index in [9.17, 15) is 14.4 Å². The molecule has 10 N–H and O–H groups in total. The van der Waals surface area contributed by atoms with Crippen LogP contribution in [0.25, 0.3) is 0 Å². The zero-order valence-electron chi connectivity index (χ0n) is 19.0. The molecule has 0 aromatic carbocycles. The molecule has 2 amide bonds. The fourth-order valence-corrected chi connectivity index (χ4v) is 3.77. The quantitative estimate of drug-likeness (QED) is 0.0745. The Morgan fingerprint density at radius 2 is 1.16 bits per heavy atom. The molecule has 0 aromatic heterocycles. The minimum Gasteiger partial charge on any atom is -0.388 e. The average Bonchev–Trinajstić information content (AvgIpc) is 2.72. The minimum atomic E-state index is -0.650. The second-order valence-corrected chi connectivity index (χ2v) is 9.33. The molecule has 0 spiro atoms. The third-order valence-electron chi connectivity index (χ3n) is 3.87. The number of nitrogens with one attached hydrogen (secondary N) is 2. The third kappa shape index (κ3) is 17.8. The Bertz CT molecular complexity index is 586. The number of aliphatic imine (C=N–C) groups is 2. The first-order valence-electron chi connectivity index (χ1n) is 10.4. The van der Waals surface area contributed by atoms with Crippen molar-refractivity contribution in [3.05, 3.63) is 0 Å². The first kappa shape index (κ1) is 30.2. The second kappa shape index (κ2) is 18.7. The van der Waals surface area contributed by atoms with Gasteiger partial charge in [0.1, 0.15) is 5.78 Å². The van der Waals surface area contributed by atoms with Gasteiger partial charge in [0.25, 0.3) is 0 Å². The van der Waals surface area contributed by atoms with Crippen LogP contribution in [0.15, 0.2) is 9.98 Å². The van der Waals surface area contributed by atoms with Gasteiger partial charge in [0, 0.05) is 62.0 Å². The van der Waals surface area contributed by atoms with Crippen LogP contribution in [0.2, 0.25) is 0 Å². The predicted octanol–water partition coefficient (Wildman–Crippen LogP) is -1.56. The van der Waals surface area contributed by atoms with Gasteiger partial charge in [0.2, 0.25) is 11.8 Å². The zero-order chi connectivity index (χ0) is 24.4. The Kier molecular flexibility index (Phi) is 17.6. The van der Waals surface area contributed by atoms with E-state index < -0.39 is 12.1 Å². The van der Waals surface area contributed by atoms with Gasteiger partial charge in [0.05, 0.1) is 23.8 Å². The summed E-state index contributed by atoms with van der Waals surface area (Å²) in [6.07, 6.45) is 0.351. The first-order chi connectivity index (χ1) is 15.1. The largest absolute Gasteiger partial charge is 0.388 e. The molecular formula is C19H38N8O3S2. The predicted molar refractivity (Wildman–Crippen MR) is 135 cm³/mol. The molecule has 0 saturated heterocycles. The smallest absolute Gasteiger partial charge is 0.237 e. The number of carbonyl (C=O) groups is 3. The number of Topliss-reactive ketones (excluding diaryl/α,β-unsaturated/α-hetero) is 1. The van der Waals surface area contributed by atoms with Gasteiger partial charge in [-0.1, -0.05) is 0 Å². The number of carbonyl (C=O) groups excluding carboxylic acids is 3. The van der Waals surface area contributed by atoms with E-state index in [1.807, 2.05) is 0 Å². The van der Waals surface area contributed by atoms with Crippen molar-refractivity contribution in [2.75, 3.05) is 49.2 Å². The molecule has 11 nitrogen and oxygen atoms in total. The van der Waals surface area contributed by atoms with Crippen molar-refractivity contribution in [2.45, 2.75) is 38.8 Å². The van der Waals surface area contributed by atoms with Crippen LogP contribution in [-0.2, 0) is 14.4 Å². The second-order valence-electron chi connectivity index (χ2n) is 7.03. The van der Waals surface area contributed by atoms with Gasteiger partial charge < -0.3 is 33.6 Å². The molecule has 0 aromatic rings. The molecule has 0 fully saturated rings. The van der Waals surface area contributed by atoms with Gasteiger partial charge in [-0.2, -0.15) is 23.5 Å². The fourth-order valence-electron chi connectivity index (χ4n) is 2.18. The number of amidine groups is 2. The Labute approximate surface area is 198 Å². The van der Waals surface area contributed by atoms with Crippen molar-refractivity contribution in [1.29, 1.82) is 0 Å². The van der Waals surface area contributed by atoms with E-state index in [0.29, 0.717) is 36.3 Å². The number of hydrogen-bond acceptors (Lipinski definition) is 9. The summed E-state index contributed by atoms with van der Waals surface area (Å²) in [5, 5.41) is 5.31. The van der Waals surface area contributed by atoms with Crippen molar-refractivity contribution in [3.63, 3.8) is 0 Å². The van der Waals surface area contributed by atoms with Gasteiger partial charge in [-0.05, 0) is 13.8 Å². The van der Waals surface area contributed by atoms with E-state index in [0.717, 1.165) is 11.5 Å². The van der Waals surface area contributed by atoms with Crippen LogP contribution in [0.3, 0.4) is 0 Å². The van der Waals surface area contributed by atoms with E-state index in [1.54, 1.807) is 13.8 Å². The van der Waals surface area contributed by atoms with Gasteiger partial charge in [0.15, 0.2) is 0 Å². The normalized spacial score (nSPS) is 14.0. The van der Waals surface area contributed by atoms with Gasteiger partial charge in [-0.3, -0.25) is 24.4 Å². The zero-order valence-corrected chi connectivity index (χ0v) is 20.6. The maximum Gasteiger partial charge on any atom is 0.237 e. The highest BCUT2D eigenvalue weighted by atomic mass is 32.2. The molecule has 2 atom stereocenters. The van der Waals surface area contributed by atoms with Crippen LogP contribution in [-0.4, -0.2) is 90.5 Å². The first-order valence-corrected chi connectivity index (χ1v) is 12.7. The highest BCUT2D eigenvalue weighted by Crippen LogP contribution is 2.03. The van der Waals surface area contributed by atoms with Crippen molar-refractivity contribution in [1.82, 2.24) is 10.6 Å². The molecule has 0 radical (unpaired) electrons. The maximum atomic E-state index is 11.9. The molecule has 0 aliphatic carbocycles. The summed E-state index contributed by atoms with van der Waals surface area (Å²) in [6.45, 7) is 5.02. The van der Waals surface area contributed by atoms with E-state index >= 15 is 0 Å². The molecule has 0 bridgehead atoms. The van der Waals surface area contributed by atoms with Crippen molar-refractivity contribution < 1.29 is 14.4 Å². The van der Waals surface area contributed by atoms with E-state index in [4.69, 9.17) is 22.9 Å². The van der Waals surface area contributed by atoms with Gasteiger partial charge in [-0.25, -0.2) is 0 Å². The van der Waals surface area contributed by atoms with Crippen LogP contribution >= 0.6 is 23.5 Å². The van der Waals surface area contributed by atoms with Crippen LogP contribution < -0.4 is 33.6 Å². The van der Waals surface area contributed by atoms with E-state index in [2.05, 4.69) is 20.6 Å². The lowest BCUT2D eigenvalue weighted by atomic mass is 10.2. The topological polar surface area (TPSA) is 204 Å².